The summed E-state index contributed by atoms with van der Waals surface area (Å²) in [5.41, 5.74) is -0.936. The van der Waals surface area contributed by atoms with Gasteiger partial charge in [0.05, 0.1) is 18.2 Å². The summed E-state index contributed by atoms with van der Waals surface area (Å²) in [6.45, 7) is 3.71. The Kier molecular flexibility index (Phi) is 2.37. The van der Waals surface area contributed by atoms with Crippen LogP contribution in [0, 0.1) is 5.41 Å². The molecular weight excluding hydrogens is 258 g/mol. The quantitative estimate of drug-likeness (QED) is 0.607. The molecule has 0 bridgehead atoms. The molecular formula is C15H15NO4. The van der Waals surface area contributed by atoms with Crippen LogP contribution in [0.15, 0.2) is 24.3 Å². The largest absolute Gasteiger partial charge is 0.467 e. The fourth-order valence-electron chi connectivity index (χ4n) is 3.12. The lowest BCUT2D eigenvalue weighted by atomic mass is 10.0. The molecule has 3 rings (SSSR count). The zero-order chi connectivity index (χ0) is 14.7. The first-order chi connectivity index (χ1) is 9.37. The number of rotatable bonds is 2. The minimum Gasteiger partial charge on any atom is -0.467 e. The summed E-state index contributed by atoms with van der Waals surface area (Å²) >= 11 is 0. The van der Waals surface area contributed by atoms with Crippen LogP contribution < -0.4 is 0 Å². The number of benzene rings is 1. The lowest BCUT2D eigenvalue weighted by Gasteiger charge is -2.27. The molecule has 5 heteroatoms. The normalized spacial score (nSPS) is 26.4. The molecule has 0 N–H and O–H groups in total. The Morgan fingerprint density at radius 3 is 1.95 bits per heavy atom. The Morgan fingerprint density at radius 2 is 1.60 bits per heavy atom. The van der Waals surface area contributed by atoms with Gasteiger partial charge in [0.15, 0.2) is 5.54 Å². The van der Waals surface area contributed by atoms with E-state index in [9.17, 15) is 14.4 Å². The van der Waals surface area contributed by atoms with Crippen LogP contribution in [0.1, 0.15) is 41.0 Å². The number of esters is 1. The minimum absolute atomic E-state index is 0.350. The molecule has 1 aromatic rings. The lowest BCUT2D eigenvalue weighted by Crippen LogP contribution is -2.50. The van der Waals surface area contributed by atoms with Gasteiger partial charge < -0.3 is 4.74 Å². The van der Waals surface area contributed by atoms with Crippen molar-refractivity contribution in [2.24, 2.45) is 5.41 Å². The molecule has 0 spiro atoms. The molecule has 20 heavy (non-hydrogen) atoms. The number of hydrogen-bond donors (Lipinski definition) is 0. The predicted octanol–water partition coefficient (Wildman–Crippen LogP) is 1.62. The maximum absolute atomic E-state index is 12.5. The van der Waals surface area contributed by atoms with Gasteiger partial charge in [-0.15, -0.1) is 0 Å². The van der Waals surface area contributed by atoms with Crippen molar-refractivity contribution in [1.29, 1.82) is 0 Å². The van der Waals surface area contributed by atoms with E-state index in [4.69, 9.17) is 4.74 Å². The van der Waals surface area contributed by atoms with Crippen LogP contribution in [-0.4, -0.2) is 35.3 Å². The summed E-state index contributed by atoms with van der Waals surface area (Å²) in [6, 6.07) is 6.62. The second-order valence-electron chi connectivity index (χ2n) is 5.90. The van der Waals surface area contributed by atoms with Crippen molar-refractivity contribution < 1.29 is 19.1 Å². The zero-order valence-corrected chi connectivity index (χ0v) is 11.6. The Bertz CT molecular complexity index is 614. The number of carbonyl (C=O) groups is 3. The Morgan fingerprint density at radius 1 is 1.15 bits per heavy atom. The summed E-state index contributed by atoms with van der Waals surface area (Å²) in [5.74, 6) is -1.36. The van der Waals surface area contributed by atoms with E-state index in [1.54, 1.807) is 24.3 Å². The number of methoxy groups -OCH3 is 1. The summed E-state index contributed by atoms with van der Waals surface area (Å²) in [7, 11) is 1.27. The average molecular weight is 273 g/mol. The van der Waals surface area contributed by atoms with Gasteiger partial charge in [-0.1, -0.05) is 26.0 Å². The molecule has 1 fully saturated rings. The number of carbonyl (C=O) groups excluding carboxylic acids is 3. The molecule has 1 aliphatic heterocycles. The van der Waals surface area contributed by atoms with E-state index in [1.807, 2.05) is 13.8 Å². The smallest absolute Gasteiger partial charge is 0.332 e. The first-order valence-electron chi connectivity index (χ1n) is 6.43. The number of ether oxygens (including phenoxy) is 1. The SMILES string of the molecule is COC(=O)C1(N2C(=O)c3ccccc3C2=O)CC1(C)C. The Labute approximate surface area is 116 Å². The van der Waals surface area contributed by atoms with Gasteiger partial charge in [0.1, 0.15) is 0 Å². The molecule has 2 amide bonds. The van der Waals surface area contributed by atoms with Gasteiger partial charge in [0.25, 0.3) is 11.8 Å². The molecule has 1 aliphatic carbocycles. The van der Waals surface area contributed by atoms with Crippen molar-refractivity contribution >= 4 is 17.8 Å². The van der Waals surface area contributed by atoms with Crippen LogP contribution in [0.4, 0.5) is 0 Å². The number of amides is 2. The van der Waals surface area contributed by atoms with E-state index >= 15 is 0 Å². The standard InChI is InChI=1S/C15H15NO4/c1-14(2)8-15(14,13(19)20-3)16-11(17)9-6-4-5-7-10(9)12(16)18/h4-7H,8H2,1-3H3. The molecule has 5 nitrogen and oxygen atoms in total. The minimum atomic E-state index is -1.17. The van der Waals surface area contributed by atoms with Crippen LogP contribution in [0.25, 0.3) is 0 Å². The molecule has 2 aliphatic rings. The number of nitrogens with zero attached hydrogens (tertiary/aromatic N) is 1. The Balaban J connectivity index is 2.11. The van der Waals surface area contributed by atoms with Crippen LogP contribution in [0.2, 0.25) is 0 Å². The zero-order valence-electron chi connectivity index (χ0n) is 11.6. The highest BCUT2D eigenvalue weighted by molar-refractivity contribution is 6.24. The number of imide groups is 1. The second kappa shape index (κ2) is 3.69. The van der Waals surface area contributed by atoms with Gasteiger partial charge in [0.2, 0.25) is 0 Å². The summed E-state index contributed by atoms with van der Waals surface area (Å²) in [5, 5.41) is 0. The molecule has 1 heterocycles. The van der Waals surface area contributed by atoms with Crippen molar-refractivity contribution in [3.63, 3.8) is 0 Å². The van der Waals surface area contributed by atoms with Crippen LogP contribution in [0.5, 0.6) is 0 Å². The fourth-order valence-corrected chi connectivity index (χ4v) is 3.12. The fraction of sp³-hybridized carbons (Fsp3) is 0.400. The molecule has 1 saturated carbocycles. The van der Waals surface area contributed by atoms with Gasteiger partial charge in [0, 0.05) is 5.41 Å². The van der Waals surface area contributed by atoms with Crippen LogP contribution >= 0.6 is 0 Å². The third-order valence-corrected chi connectivity index (χ3v) is 4.39. The van der Waals surface area contributed by atoms with E-state index in [-0.39, 0.29) is 0 Å². The van der Waals surface area contributed by atoms with Crippen molar-refractivity contribution in [3.8, 4) is 0 Å². The first kappa shape index (κ1) is 12.8. The van der Waals surface area contributed by atoms with E-state index in [0.29, 0.717) is 17.5 Å². The average Bonchev–Trinajstić information content (AvgIpc) is 2.91. The highest BCUT2D eigenvalue weighted by Crippen LogP contribution is 2.61. The molecule has 1 atom stereocenters. The van der Waals surface area contributed by atoms with Gasteiger partial charge in [-0.3, -0.25) is 14.5 Å². The van der Waals surface area contributed by atoms with Gasteiger partial charge in [-0.2, -0.15) is 0 Å². The molecule has 0 saturated heterocycles. The topological polar surface area (TPSA) is 63.7 Å². The van der Waals surface area contributed by atoms with Gasteiger partial charge >= 0.3 is 5.97 Å². The molecule has 0 aromatic heterocycles. The van der Waals surface area contributed by atoms with Crippen molar-refractivity contribution in [1.82, 2.24) is 4.90 Å². The van der Waals surface area contributed by atoms with Crippen molar-refractivity contribution in [3.05, 3.63) is 35.4 Å². The number of hydrogen-bond acceptors (Lipinski definition) is 4. The number of fused-ring (bicyclic) bond motifs is 1. The van der Waals surface area contributed by atoms with Gasteiger partial charge in [-0.05, 0) is 18.6 Å². The van der Waals surface area contributed by atoms with Crippen molar-refractivity contribution in [2.75, 3.05) is 7.11 Å². The maximum Gasteiger partial charge on any atom is 0.332 e. The summed E-state index contributed by atoms with van der Waals surface area (Å²) in [6.07, 6.45) is 0.429. The molecule has 1 aromatic carbocycles. The second-order valence-corrected chi connectivity index (χ2v) is 5.90. The monoisotopic (exact) mass is 273 g/mol. The van der Waals surface area contributed by atoms with E-state index in [2.05, 4.69) is 0 Å². The lowest BCUT2D eigenvalue weighted by molar-refractivity contribution is -0.148. The van der Waals surface area contributed by atoms with E-state index in [0.717, 1.165) is 4.90 Å². The molecule has 104 valence electrons. The van der Waals surface area contributed by atoms with Crippen LogP contribution in [-0.2, 0) is 9.53 Å². The first-order valence-corrected chi connectivity index (χ1v) is 6.43. The summed E-state index contributed by atoms with van der Waals surface area (Å²) in [4.78, 5) is 38.3. The molecule has 1 unspecified atom stereocenters. The van der Waals surface area contributed by atoms with E-state index in [1.165, 1.54) is 7.11 Å². The van der Waals surface area contributed by atoms with E-state index < -0.39 is 28.7 Å². The third-order valence-electron chi connectivity index (χ3n) is 4.39. The highest BCUT2D eigenvalue weighted by atomic mass is 16.5. The van der Waals surface area contributed by atoms with Gasteiger partial charge in [-0.25, -0.2) is 4.79 Å². The third kappa shape index (κ3) is 1.30. The highest BCUT2D eigenvalue weighted by Gasteiger charge is 2.74. The predicted molar refractivity (Wildman–Crippen MR) is 70.1 cm³/mol. The summed E-state index contributed by atoms with van der Waals surface area (Å²) < 4.78 is 4.84. The van der Waals surface area contributed by atoms with Crippen molar-refractivity contribution in [2.45, 2.75) is 25.8 Å². The Hall–Kier alpha value is -2.17. The molecule has 0 radical (unpaired) electrons. The maximum atomic E-state index is 12.5. The van der Waals surface area contributed by atoms with Crippen LogP contribution in [0.3, 0.4) is 0 Å².